The number of aryl methyl sites for hydroxylation is 2. The van der Waals surface area contributed by atoms with Gasteiger partial charge in [0.05, 0.1) is 5.56 Å². The smallest absolute Gasteiger partial charge is 0.196 e. The monoisotopic (exact) mass is 226 g/mol. The van der Waals surface area contributed by atoms with Crippen LogP contribution in [0, 0.1) is 13.8 Å². The topological polar surface area (TPSA) is 37.3 Å². The van der Waals surface area contributed by atoms with Crippen LogP contribution in [0.25, 0.3) is 0 Å². The summed E-state index contributed by atoms with van der Waals surface area (Å²) >= 11 is 0. The fourth-order valence-electron chi connectivity index (χ4n) is 1.60. The third kappa shape index (κ3) is 2.21. The van der Waals surface area contributed by atoms with E-state index in [1.165, 1.54) is 17.2 Å². The number of hydrogen-bond donors (Lipinski definition) is 1. The van der Waals surface area contributed by atoms with Crippen LogP contribution < -0.4 is 0 Å². The van der Waals surface area contributed by atoms with Gasteiger partial charge in [-0.3, -0.25) is 4.79 Å². The van der Waals surface area contributed by atoms with Crippen molar-refractivity contribution in [2.24, 2.45) is 0 Å². The predicted molar refractivity (Wildman–Crippen MR) is 67.5 cm³/mol. The lowest BCUT2D eigenvalue weighted by Crippen LogP contribution is -2.11. The number of carbonyl (C=O) groups excluding carboxylic acids is 1. The van der Waals surface area contributed by atoms with Gasteiger partial charge in [0, 0.05) is 5.56 Å². The highest BCUT2D eigenvalue weighted by Crippen LogP contribution is 2.29. The first-order valence-electron chi connectivity index (χ1n) is 5.49. The number of rotatable bonds is 0. The molecule has 2 aliphatic rings. The number of carbonyl (C=O) groups is 1. The van der Waals surface area contributed by atoms with Crippen LogP contribution in [0.1, 0.15) is 27.0 Å². The molecule has 0 saturated carbocycles. The SMILES string of the molecule is Cc1ccccc1C.O=C1c2ccc(O)c1c2. The summed E-state index contributed by atoms with van der Waals surface area (Å²) in [5.74, 6) is 0.0602. The van der Waals surface area contributed by atoms with Crippen LogP contribution in [-0.2, 0) is 0 Å². The van der Waals surface area contributed by atoms with Crippen LogP contribution in [0.2, 0.25) is 0 Å². The third-order valence-corrected chi connectivity index (χ3v) is 2.93. The zero-order valence-corrected chi connectivity index (χ0v) is 9.90. The van der Waals surface area contributed by atoms with E-state index in [0.717, 1.165) is 0 Å². The number of phenolic OH excluding ortho intramolecular Hbond substituents is 1. The van der Waals surface area contributed by atoms with Crippen molar-refractivity contribution in [3.05, 3.63) is 64.7 Å². The molecule has 2 heteroatoms. The van der Waals surface area contributed by atoms with E-state index in [2.05, 4.69) is 38.1 Å². The van der Waals surface area contributed by atoms with E-state index >= 15 is 0 Å². The van der Waals surface area contributed by atoms with Crippen molar-refractivity contribution in [1.82, 2.24) is 0 Å². The second-order valence-electron chi connectivity index (χ2n) is 4.15. The normalized spacial score (nSPS) is 11.3. The van der Waals surface area contributed by atoms with Crippen LogP contribution in [0.3, 0.4) is 0 Å². The molecular weight excluding hydrogens is 212 g/mol. The highest BCUT2D eigenvalue weighted by Gasteiger charge is 2.23. The fraction of sp³-hybridized carbons (Fsp3) is 0.133. The molecule has 0 saturated heterocycles. The molecule has 0 aliphatic heterocycles. The molecule has 2 nitrogen and oxygen atoms in total. The van der Waals surface area contributed by atoms with Gasteiger partial charge in [-0.2, -0.15) is 0 Å². The molecule has 0 amide bonds. The Morgan fingerprint density at radius 2 is 1.53 bits per heavy atom. The minimum Gasteiger partial charge on any atom is -0.507 e. The molecule has 2 aromatic rings. The highest BCUT2D eigenvalue weighted by atomic mass is 16.3. The van der Waals surface area contributed by atoms with Crippen molar-refractivity contribution < 1.29 is 9.90 Å². The van der Waals surface area contributed by atoms with E-state index < -0.39 is 0 Å². The Hall–Kier alpha value is -2.09. The lowest BCUT2D eigenvalue weighted by atomic mass is 9.91. The Labute approximate surface area is 101 Å². The number of aromatic hydroxyl groups is 1. The van der Waals surface area contributed by atoms with Gasteiger partial charge in [0.2, 0.25) is 0 Å². The summed E-state index contributed by atoms with van der Waals surface area (Å²) in [6.45, 7) is 4.24. The van der Waals surface area contributed by atoms with E-state index in [4.69, 9.17) is 5.11 Å². The van der Waals surface area contributed by atoms with Gasteiger partial charge in [-0.25, -0.2) is 0 Å². The maximum atomic E-state index is 10.7. The Morgan fingerprint density at radius 3 is 1.82 bits per heavy atom. The van der Waals surface area contributed by atoms with Crippen LogP contribution in [0.4, 0.5) is 0 Å². The molecule has 2 aromatic carbocycles. The van der Waals surface area contributed by atoms with E-state index in [0.29, 0.717) is 11.1 Å². The number of benzene rings is 2. The molecule has 1 N–H and O–H groups in total. The molecule has 0 fully saturated rings. The summed E-state index contributed by atoms with van der Waals surface area (Å²) in [7, 11) is 0. The Bertz CT molecular complexity index is 546. The maximum absolute atomic E-state index is 10.7. The molecule has 0 radical (unpaired) electrons. The quantitative estimate of drug-likeness (QED) is 0.639. The number of ketones is 1. The molecule has 0 aromatic heterocycles. The van der Waals surface area contributed by atoms with Gasteiger partial charge in [0.15, 0.2) is 5.78 Å². The van der Waals surface area contributed by atoms with Gasteiger partial charge in [-0.15, -0.1) is 0 Å². The average molecular weight is 226 g/mol. The summed E-state index contributed by atoms with van der Waals surface area (Å²) in [5.41, 5.74) is 3.88. The molecule has 17 heavy (non-hydrogen) atoms. The van der Waals surface area contributed by atoms with Crippen LogP contribution in [0.5, 0.6) is 5.75 Å². The summed E-state index contributed by atoms with van der Waals surface area (Å²) in [4.78, 5) is 10.7. The first-order chi connectivity index (χ1) is 8.09. The van der Waals surface area contributed by atoms with E-state index in [-0.39, 0.29) is 11.5 Å². The number of fused-ring (bicyclic) bond motifs is 2. The van der Waals surface area contributed by atoms with E-state index in [9.17, 15) is 4.79 Å². The zero-order valence-electron chi connectivity index (χ0n) is 9.90. The zero-order chi connectivity index (χ0) is 12.4. The second-order valence-corrected chi connectivity index (χ2v) is 4.15. The van der Waals surface area contributed by atoms with E-state index in [1.807, 2.05) is 0 Å². The first-order valence-corrected chi connectivity index (χ1v) is 5.49. The molecule has 86 valence electrons. The van der Waals surface area contributed by atoms with Gasteiger partial charge in [-0.1, -0.05) is 24.3 Å². The van der Waals surface area contributed by atoms with Crippen LogP contribution >= 0.6 is 0 Å². The van der Waals surface area contributed by atoms with Crippen molar-refractivity contribution >= 4 is 5.78 Å². The molecule has 0 unspecified atom stereocenters. The Morgan fingerprint density at radius 1 is 0.941 bits per heavy atom. The molecule has 4 rings (SSSR count). The molecular formula is C15H14O2. The van der Waals surface area contributed by atoms with Crippen molar-refractivity contribution in [3.8, 4) is 5.75 Å². The fourth-order valence-corrected chi connectivity index (χ4v) is 1.60. The number of phenols is 1. The second kappa shape index (κ2) is 4.42. The van der Waals surface area contributed by atoms with Gasteiger partial charge in [-0.05, 0) is 43.2 Å². The van der Waals surface area contributed by atoms with Crippen molar-refractivity contribution in [2.45, 2.75) is 13.8 Å². The Balaban J connectivity index is 0.000000128. The average Bonchev–Trinajstić information content (AvgIpc) is 2.33. The maximum Gasteiger partial charge on any atom is 0.196 e. The molecule has 0 spiro atoms. The molecule has 0 atom stereocenters. The standard InChI is InChI=1S/C8H10.C7H4O2/c1-7-5-3-4-6-8(7)2;8-6-2-1-4-3-5(6)7(4)9/h3-6H,1-2H3;1-3,8H. The van der Waals surface area contributed by atoms with E-state index in [1.54, 1.807) is 12.1 Å². The predicted octanol–water partition coefficient (Wildman–Crippen LogP) is 3.24. The lowest BCUT2D eigenvalue weighted by Gasteiger charge is -2.12. The van der Waals surface area contributed by atoms with Gasteiger partial charge >= 0.3 is 0 Å². The summed E-state index contributed by atoms with van der Waals surface area (Å²) < 4.78 is 0. The van der Waals surface area contributed by atoms with Gasteiger partial charge < -0.3 is 5.11 Å². The largest absolute Gasteiger partial charge is 0.507 e. The first kappa shape index (κ1) is 11.4. The van der Waals surface area contributed by atoms with Crippen molar-refractivity contribution in [3.63, 3.8) is 0 Å². The van der Waals surface area contributed by atoms with Crippen molar-refractivity contribution in [1.29, 1.82) is 0 Å². The highest BCUT2D eigenvalue weighted by molar-refractivity contribution is 6.17. The molecule has 2 bridgehead atoms. The summed E-state index contributed by atoms with van der Waals surface area (Å²) in [6.07, 6.45) is 0. The lowest BCUT2D eigenvalue weighted by molar-refractivity contribution is 0.102. The van der Waals surface area contributed by atoms with Gasteiger partial charge in [0.1, 0.15) is 5.75 Å². The minimum absolute atomic E-state index is 0.0324. The minimum atomic E-state index is -0.0324. The molecule has 2 aliphatic carbocycles. The van der Waals surface area contributed by atoms with Crippen LogP contribution in [-0.4, -0.2) is 10.9 Å². The summed E-state index contributed by atoms with van der Waals surface area (Å²) in [6, 6.07) is 13.2. The Kier molecular flexibility index (Phi) is 2.96. The summed E-state index contributed by atoms with van der Waals surface area (Å²) in [5, 5.41) is 8.91. The number of hydrogen-bond acceptors (Lipinski definition) is 2. The molecule has 0 heterocycles. The van der Waals surface area contributed by atoms with Crippen LogP contribution in [0.15, 0.2) is 42.5 Å². The van der Waals surface area contributed by atoms with Crippen molar-refractivity contribution in [2.75, 3.05) is 0 Å². The van der Waals surface area contributed by atoms with Gasteiger partial charge in [0.25, 0.3) is 0 Å². The third-order valence-electron chi connectivity index (χ3n) is 2.93.